The third-order valence-corrected chi connectivity index (χ3v) is 26.9. The van der Waals surface area contributed by atoms with Crippen molar-refractivity contribution in [2.24, 2.45) is 0 Å². The van der Waals surface area contributed by atoms with E-state index in [9.17, 15) is 14.4 Å². The molecule has 0 aliphatic heterocycles. The van der Waals surface area contributed by atoms with Gasteiger partial charge in [0, 0.05) is 136 Å². The number of thiazole rings is 3. The maximum absolute atomic E-state index is 13.1. The van der Waals surface area contributed by atoms with Crippen LogP contribution < -0.4 is 0 Å². The van der Waals surface area contributed by atoms with Crippen LogP contribution in [-0.2, 0) is 41.7 Å². The Morgan fingerprint density at radius 1 is 0.400 bits per heavy atom. The van der Waals surface area contributed by atoms with Gasteiger partial charge < -0.3 is 14.2 Å². The van der Waals surface area contributed by atoms with Crippen LogP contribution in [0.15, 0.2) is 219 Å². The molecule has 0 amide bonds. The van der Waals surface area contributed by atoms with Crippen LogP contribution in [0.3, 0.4) is 0 Å². The average molecular weight is 1840 g/mol. The van der Waals surface area contributed by atoms with Gasteiger partial charge in [0.25, 0.3) is 0 Å². The van der Waals surface area contributed by atoms with E-state index in [-0.39, 0.29) is 17.3 Å². The van der Waals surface area contributed by atoms with Crippen molar-refractivity contribution in [1.29, 1.82) is 0 Å². The van der Waals surface area contributed by atoms with Gasteiger partial charge in [0.15, 0.2) is 17.3 Å². The lowest BCUT2D eigenvalue weighted by Gasteiger charge is -2.29. The van der Waals surface area contributed by atoms with E-state index in [0.717, 1.165) is 203 Å². The minimum Gasteiger partial charge on any atom is -0.360 e. The van der Waals surface area contributed by atoms with E-state index in [1.54, 1.807) is 54.8 Å². The van der Waals surface area contributed by atoms with E-state index in [0.29, 0.717) is 21.1 Å². The number of benzene rings is 9. The second-order valence-electron chi connectivity index (χ2n) is 36.1. The smallest absolute Gasteiger partial charge is 0.163 e. The first-order valence-corrected chi connectivity index (χ1v) is 47.1. The van der Waals surface area contributed by atoms with Crippen molar-refractivity contribution in [2.75, 3.05) is 0 Å². The van der Waals surface area contributed by atoms with Crippen molar-refractivity contribution >= 4 is 150 Å². The summed E-state index contributed by atoms with van der Waals surface area (Å²) in [4.78, 5) is 68.6. The monoisotopic (exact) mass is 1840 g/mol. The third-order valence-electron chi connectivity index (χ3n) is 22.7. The molecule has 24 heteroatoms. The number of carbonyl (C=O) groups excluding carboxylic acids is 3. The number of aromatic nitrogens is 12. The molecule has 9 aromatic heterocycles. The Hall–Kier alpha value is -11.7. The summed E-state index contributed by atoms with van der Waals surface area (Å²) < 4.78 is 28.2. The Kier molecular flexibility index (Phi) is 25.4. The van der Waals surface area contributed by atoms with Crippen molar-refractivity contribution in [3.63, 3.8) is 0 Å². The number of rotatable bonds is 21. The number of nitrogens with zero attached hydrogens (tertiary/aromatic N) is 12. The Morgan fingerprint density at radius 3 is 1.08 bits per heavy atom. The maximum atomic E-state index is 13.1. The predicted molar refractivity (Wildman–Crippen MR) is 533 cm³/mol. The SMILES string of the molecule is CC(=O)[C@@H](OC(C)(C)C)c1c(C)cc2nc(-c3ccnc(-c4ccc5c(cnn5C5CC5)c4)c3)sc2c1-c1ccc(Cl)cc1.CCn1cc2cc(-c3cc(-c4nc5cc(C)c([C@H](OC(C)(C)C)C(C)=O)c(-c6ccc(Cl)cc6)c5s4)ccn3)ccc2n1.CCn1ncc2cc(-c3cc(-c4nc5cc(C)c([C@H](OC(C)(C)C)C(C)=O)c(-c6ccc(Cl)cc6)c5s4)ccn3)ccc21. The Balaban J connectivity index is 0.000000137. The maximum Gasteiger partial charge on any atom is 0.163 e. The fourth-order valence-corrected chi connectivity index (χ4v) is 20.4. The minimum absolute atomic E-state index is 0.0410. The molecule has 0 radical (unpaired) electrons. The van der Waals surface area contributed by atoms with Crippen LogP contribution in [0.5, 0.6) is 0 Å². The summed E-state index contributed by atoms with van der Waals surface area (Å²) in [7, 11) is 0. The summed E-state index contributed by atoms with van der Waals surface area (Å²) >= 11 is 23.7. The molecule has 1 aliphatic carbocycles. The highest BCUT2D eigenvalue weighted by molar-refractivity contribution is 7.23. The second kappa shape index (κ2) is 36.5. The van der Waals surface area contributed by atoms with Crippen LogP contribution in [0.4, 0.5) is 0 Å². The van der Waals surface area contributed by atoms with Gasteiger partial charge in [-0.3, -0.25) is 43.4 Å². The summed E-state index contributed by atoms with van der Waals surface area (Å²) in [5, 5.41) is 21.6. The van der Waals surface area contributed by atoms with Crippen molar-refractivity contribution in [3.8, 4) is 98.9 Å². The molecule has 658 valence electrons. The number of aryl methyl sites for hydroxylation is 5. The molecule has 130 heavy (non-hydrogen) atoms. The summed E-state index contributed by atoms with van der Waals surface area (Å²) in [6, 6.07) is 61.2. The molecule has 9 heterocycles. The highest BCUT2D eigenvalue weighted by Gasteiger charge is 2.36. The van der Waals surface area contributed by atoms with Crippen molar-refractivity contribution in [3.05, 3.63) is 268 Å². The molecular formula is C106H99Cl3N12O6S3. The lowest BCUT2D eigenvalue weighted by molar-refractivity contribution is -0.139. The molecule has 0 N–H and O–H groups in total. The topological polar surface area (TPSA) is 210 Å². The van der Waals surface area contributed by atoms with Crippen LogP contribution in [0.25, 0.3) is 162 Å². The molecule has 18 aromatic rings. The lowest BCUT2D eigenvalue weighted by atomic mass is 9.90. The number of ether oxygens (including phenoxy) is 3. The zero-order valence-corrected chi connectivity index (χ0v) is 80.3. The third kappa shape index (κ3) is 19.3. The Morgan fingerprint density at radius 2 is 0.738 bits per heavy atom. The normalized spacial score (nSPS) is 13.3. The van der Waals surface area contributed by atoms with Gasteiger partial charge in [-0.1, -0.05) is 89.4 Å². The summed E-state index contributed by atoms with van der Waals surface area (Å²) in [6.07, 6.45) is 11.6. The first-order chi connectivity index (χ1) is 62.1. The van der Waals surface area contributed by atoms with Gasteiger partial charge in [-0.25, -0.2) is 15.0 Å². The van der Waals surface area contributed by atoms with Gasteiger partial charge in [0.1, 0.15) is 33.3 Å². The van der Waals surface area contributed by atoms with Crippen molar-refractivity contribution in [1.82, 2.24) is 59.2 Å². The summed E-state index contributed by atoms with van der Waals surface area (Å²) in [5.41, 5.74) is 24.2. The highest BCUT2D eigenvalue weighted by Crippen LogP contribution is 2.50. The quantitative estimate of drug-likeness (QED) is 0.0655. The standard InChI is InChI=1S/C36H33ClN4O2S.2C35H33ClN4O2S/c1-20-16-29-34(32(22-6-9-26(37)10-7-22)31(20)33(21(2)42)43-36(3,4)5)44-35(40-29)24-14-15-38-28(18-24)23-8-13-30-25(17-23)19-39-41(30)27-11-12-27;1-7-40-29-13-10-23(17-25(29)19-38-40)27-18-24(14-15-37-27)34-39-28-16-20(2)30(32(21(3)41)42-35(4,5)6)31(33(28)43-34)22-8-11-26(36)12-9-22;1-7-40-19-25-17-23(10-13-27(25)39-40)28-18-24(14-15-37-28)34-38-29-16-20(2)30(32(21(3)41)42-35(4,5)6)31(33(29)43-34)22-8-11-26(36)12-9-22/h6-10,13-19,27,33H,11-12H2,1-5H3;2*8-19,32H,7H2,1-6H3/t33-;2*32-/m111/s1. The van der Waals surface area contributed by atoms with E-state index in [1.165, 1.54) is 18.4 Å². The number of halogens is 3. The highest BCUT2D eigenvalue weighted by atomic mass is 35.5. The van der Waals surface area contributed by atoms with E-state index >= 15 is 0 Å². The van der Waals surface area contributed by atoms with Gasteiger partial charge in [-0.15, -0.1) is 34.0 Å². The van der Waals surface area contributed by atoms with Crippen molar-refractivity contribution in [2.45, 2.75) is 185 Å². The van der Waals surface area contributed by atoms with Gasteiger partial charge in [0.05, 0.1) is 99.5 Å². The van der Waals surface area contributed by atoms with Crippen molar-refractivity contribution < 1.29 is 28.6 Å². The molecule has 19 rings (SSSR count). The molecule has 0 saturated heterocycles. The molecule has 0 spiro atoms. The van der Waals surface area contributed by atoms with Crippen LogP contribution in [0, 0.1) is 20.8 Å². The number of pyridine rings is 3. The van der Waals surface area contributed by atoms with Crippen LogP contribution in [-0.4, -0.2) is 93.4 Å². The van der Waals surface area contributed by atoms with Gasteiger partial charge in [-0.2, -0.15) is 15.3 Å². The number of fused-ring (bicyclic) bond motifs is 6. The molecule has 0 bridgehead atoms. The lowest BCUT2D eigenvalue weighted by Crippen LogP contribution is -2.27. The zero-order valence-electron chi connectivity index (χ0n) is 75.6. The largest absolute Gasteiger partial charge is 0.360 e. The average Bonchev–Trinajstić information content (AvgIpc) is 1.55. The number of hydrogen-bond acceptors (Lipinski definition) is 18. The van der Waals surface area contributed by atoms with Crippen LogP contribution >= 0.6 is 68.8 Å². The number of carbonyl (C=O) groups is 3. The minimum atomic E-state index is -0.722. The summed E-state index contributed by atoms with van der Waals surface area (Å²) in [5.74, 6) is -0.129. The zero-order chi connectivity index (χ0) is 91.7. The van der Waals surface area contributed by atoms with Gasteiger partial charge >= 0.3 is 0 Å². The number of hydrogen-bond donors (Lipinski definition) is 0. The molecule has 9 aromatic carbocycles. The molecule has 1 saturated carbocycles. The van der Waals surface area contributed by atoms with Crippen LogP contribution in [0.1, 0.15) is 168 Å². The molecule has 1 fully saturated rings. The number of ketones is 3. The predicted octanol–water partition coefficient (Wildman–Crippen LogP) is 28.7. The number of Topliss-reactive ketones (excluding diaryl/α,β-unsaturated/α-hetero) is 3. The van der Waals surface area contributed by atoms with E-state index in [4.69, 9.17) is 68.9 Å². The van der Waals surface area contributed by atoms with E-state index in [1.807, 2.05) is 220 Å². The molecule has 3 atom stereocenters. The molecule has 1 aliphatic rings. The molecule has 0 unspecified atom stereocenters. The first-order valence-electron chi connectivity index (χ1n) is 43.5. The Labute approximate surface area is 782 Å². The first kappa shape index (κ1) is 90.2. The Bertz CT molecular complexity index is 7190. The second-order valence-corrected chi connectivity index (χ2v) is 40.4. The van der Waals surface area contributed by atoms with E-state index in [2.05, 4.69) is 135 Å². The fourth-order valence-electron chi connectivity index (χ4n) is 16.7. The van der Waals surface area contributed by atoms with Crippen LogP contribution in [0.2, 0.25) is 15.1 Å². The molecular weight excluding hydrogens is 1740 g/mol. The fraction of sp³-hybridized carbons (Fsp3) is 0.264. The van der Waals surface area contributed by atoms with E-state index < -0.39 is 35.1 Å². The van der Waals surface area contributed by atoms with Gasteiger partial charge in [0.2, 0.25) is 0 Å². The molecule has 18 nitrogen and oxygen atoms in total. The van der Waals surface area contributed by atoms with Gasteiger partial charge in [-0.05, 0) is 291 Å². The summed E-state index contributed by atoms with van der Waals surface area (Å²) in [6.45, 7) is 34.4.